The van der Waals surface area contributed by atoms with E-state index in [9.17, 15) is 31.2 Å². The van der Waals surface area contributed by atoms with Crippen molar-refractivity contribution in [2.45, 2.75) is 45.0 Å². The average molecular weight is 501 g/mol. The molecule has 13 heteroatoms. The quantitative estimate of drug-likeness (QED) is 0.491. The van der Waals surface area contributed by atoms with Crippen molar-refractivity contribution in [1.82, 2.24) is 10.3 Å². The summed E-state index contributed by atoms with van der Waals surface area (Å²) in [5.74, 6) is -1.93. The van der Waals surface area contributed by atoms with Gasteiger partial charge < -0.3 is 19.1 Å². The molecule has 3 rings (SSSR count). The molecule has 34 heavy (non-hydrogen) atoms. The maximum Gasteiger partial charge on any atom is 0.534 e. The van der Waals surface area contributed by atoms with Crippen LogP contribution in [0.1, 0.15) is 37.9 Å². The first kappa shape index (κ1) is 25.3. The molecule has 0 unspecified atom stereocenters. The number of alkyl carbamates (subject to hydrolysis) is 1. The van der Waals surface area contributed by atoms with E-state index in [0.29, 0.717) is 0 Å². The van der Waals surface area contributed by atoms with Crippen LogP contribution in [0.25, 0.3) is 0 Å². The molecule has 2 aromatic rings. The van der Waals surface area contributed by atoms with E-state index in [-0.39, 0.29) is 17.9 Å². The number of nitrogens with one attached hydrogen (secondary N) is 1. The molecule has 0 bridgehead atoms. The number of anilines is 1. The molecular weight excluding hydrogens is 479 g/mol. The van der Waals surface area contributed by atoms with Crippen LogP contribution in [0.15, 0.2) is 42.6 Å². The van der Waals surface area contributed by atoms with E-state index >= 15 is 0 Å². The van der Waals surface area contributed by atoms with Gasteiger partial charge in [0.25, 0.3) is 5.88 Å². The summed E-state index contributed by atoms with van der Waals surface area (Å²) >= 11 is 0. The normalized spacial score (nSPS) is 20.3. The van der Waals surface area contributed by atoms with Gasteiger partial charge >= 0.3 is 21.7 Å². The number of carbonyl (C=O) groups is 2. The highest BCUT2D eigenvalue weighted by atomic mass is 32.2. The topological polar surface area (TPSA) is 115 Å². The van der Waals surface area contributed by atoms with Gasteiger partial charge in [0.2, 0.25) is 5.91 Å². The first-order chi connectivity index (χ1) is 15.8. The molecule has 0 spiro atoms. The van der Waals surface area contributed by atoms with Crippen molar-refractivity contribution in [3.8, 4) is 5.88 Å². The van der Waals surface area contributed by atoms with Gasteiger partial charge in [0.1, 0.15) is 12.3 Å². The van der Waals surface area contributed by atoms with Gasteiger partial charge in [-0.3, -0.25) is 4.79 Å². The van der Waals surface area contributed by atoms with E-state index in [1.165, 1.54) is 13.0 Å². The van der Waals surface area contributed by atoms with Gasteiger partial charge in [-0.1, -0.05) is 37.3 Å². The van der Waals surface area contributed by atoms with Crippen LogP contribution in [0.3, 0.4) is 0 Å². The van der Waals surface area contributed by atoms with Crippen molar-refractivity contribution >= 4 is 27.8 Å². The van der Waals surface area contributed by atoms with Crippen LogP contribution in [-0.4, -0.2) is 37.0 Å². The molecule has 0 radical (unpaired) electrons. The minimum absolute atomic E-state index is 0.0235. The number of halogens is 3. The number of carbonyl (C=O) groups excluding carboxylic acids is 2. The van der Waals surface area contributed by atoms with Gasteiger partial charge in [0, 0.05) is 30.6 Å². The van der Waals surface area contributed by atoms with Crippen molar-refractivity contribution < 1.29 is 40.1 Å². The number of nitrogens with zero attached hydrogens (tertiary/aromatic N) is 2. The minimum Gasteiger partial charge on any atom is -0.445 e. The van der Waals surface area contributed by atoms with Crippen LogP contribution in [0.5, 0.6) is 5.88 Å². The lowest BCUT2D eigenvalue weighted by Crippen LogP contribution is -2.51. The number of fused-ring (bicyclic) bond motifs is 1. The maximum absolute atomic E-state index is 12.9. The Morgan fingerprint density at radius 1 is 1.15 bits per heavy atom. The number of ether oxygens (including phenoxy) is 1. The molecule has 9 nitrogen and oxygen atoms in total. The van der Waals surface area contributed by atoms with Crippen LogP contribution in [0.4, 0.5) is 23.7 Å². The fourth-order valence-corrected chi connectivity index (χ4v) is 4.12. The fourth-order valence-electron chi connectivity index (χ4n) is 3.70. The first-order valence-corrected chi connectivity index (χ1v) is 11.5. The lowest BCUT2D eigenvalue weighted by atomic mass is 9.83. The molecule has 0 fully saturated rings. The van der Waals surface area contributed by atoms with Crippen LogP contribution in [-0.2, 0) is 26.3 Å². The van der Waals surface area contributed by atoms with Gasteiger partial charge in [-0.2, -0.15) is 21.6 Å². The Balaban J connectivity index is 1.97. The van der Waals surface area contributed by atoms with Crippen molar-refractivity contribution in [3.63, 3.8) is 0 Å². The smallest absolute Gasteiger partial charge is 0.445 e. The predicted octanol–water partition coefficient (Wildman–Crippen LogP) is 3.67. The molecule has 1 aliphatic heterocycles. The fraction of sp³-hybridized carbons (Fsp3) is 0.381. The summed E-state index contributed by atoms with van der Waals surface area (Å²) in [6.45, 7) is 4.47. The minimum atomic E-state index is -6.06. The number of amides is 2. The Morgan fingerprint density at radius 2 is 1.79 bits per heavy atom. The van der Waals surface area contributed by atoms with Gasteiger partial charge in [-0.15, -0.1) is 0 Å². The third-order valence-electron chi connectivity index (χ3n) is 5.49. The summed E-state index contributed by atoms with van der Waals surface area (Å²) in [5, 5.41) is 2.65. The van der Waals surface area contributed by atoms with E-state index in [2.05, 4.69) is 14.5 Å². The highest BCUT2D eigenvalue weighted by Crippen LogP contribution is 2.45. The molecule has 3 atom stereocenters. The summed E-state index contributed by atoms with van der Waals surface area (Å²) in [4.78, 5) is 29.6. The molecule has 0 saturated carbocycles. The molecule has 1 aromatic carbocycles. The SMILES string of the molecule is CC(=O)N1c2c(ccnc2OS(=O)(=O)C(F)(F)F)[C@H](NC(=O)OCc2ccccc2)[C@@H](C)[C@@H]1C. The molecular formula is C21H22F3N3O6S. The average Bonchev–Trinajstić information content (AvgIpc) is 2.75. The summed E-state index contributed by atoms with van der Waals surface area (Å²) in [6.07, 6.45) is 0.225. The predicted molar refractivity (Wildman–Crippen MR) is 114 cm³/mol. The van der Waals surface area contributed by atoms with Crippen LogP contribution in [0, 0.1) is 5.92 Å². The Hall–Kier alpha value is -3.35. The number of benzene rings is 1. The standard InChI is InChI=1S/C21H22F3N3O6S/c1-12-13(2)27(14(3)28)18-16(9-10-25-19(18)33-34(30,31)21(22,23)24)17(12)26-20(29)32-11-15-7-5-4-6-8-15/h4-10,12-13,17H,11H2,1-3H3,(H,26,29)/t12-,13-,17+/m0/s1. The van der Waals surface area contributed by atoms with Crippen LogP contribution in [0.2, 0.25) is 0 Å². The van der Waals surface area contributed by atoms with Crippen LogP contribution < -0.4 is 14.4 Å². The monoisotopic (exact) mass is 501 g/mol. The van der Waals surface area contributed by atoms with Crippen molar-refractivity contribution in [2.75, 3.05) is 4.90 Å². The highest BCUT2D eigenvalue weighted by molar-refractivity contribution is 7.88. The lowest BCUT2D eigenvalue weighted by Gasteiger charge is -2.43. The van der Waals surface area contributed by atoms with Gasteiger partial charge in [0.15, 0.2) is 0 Å². The molecule has 2 heterocycles. The molecule has 0 aliphatic carbocycles. The first-order valence-electron chi connectivity index (χ1n) is 10.1. The van der Waals surface area contributed by atoms with Crippen LogP contribution >= 0.6 is 0 Å². The number of pyridine rings is 1. The number of hydrogen-bond donors (Lipinski definition) is 1. The van der Waals surface area contributed by atoms with E-state index < -0.39 is 51.5 Å². The third-order valence-corrected chi connectivity index (χ3v) is 6.43. The summed E-state index contributed by atoms with van der Waals surface area (Å²) in [6, 6.07) is 8.73. The van der Waals surface area contributed by atoms with Gasteiger partial charge in [0.05, 0.1) is 6.04 Å². The Labute approximate surface area is 194 Å². The highest BCUT2D eigenvalue weighted by Gasteiger charge is 2.50. The lowest BCUT2D eigenvalue weighted by molar-refractivity contribution is -0.117. The van der Waals surface area contributed by atoms with Gasteiger partial charge in [-0.05, 0) is 18.6 Å². The largest absolute Gasteiger partial charge is 0.534 e. The summed E-state index contributed by atoms with van der Waals surface area (Å²) < 4.78 is 71.6. The van der Waals surface area contributed by atoms with Crippen molar-refractivity contribution in [3.05, 3.63) is 53.7 Å². The zero-order chi connectivity index (χ0) is 25.3. The Morgan fingerprint density at radius 3 is 2.38 bits per heavy atom. The maximum atomic E-state index is 12.9. The second kappa shape index (κ2) is 9.49. The molecule has 1 aromatic heterocycles. The Bertz CT molecular complexity index is 1170. The second-order valence-electron chi connectivity index (χ2n) is 7.71. The molecule has 2 amide bonds. The van der Waals surface area contributed by atoms with E-state index in [1.54, 1.807) is 44.2 Å². The van der Waals surface area contributed by atoms with Gasteiger partial charge in [-0.25, -0.2) is 9.78 Å². The Kier molecular flexibility index (Phi) is 7.05. The van der Waals surface area contributed by atoms with Crippen molar-refractivity contribution in [1.29, 1.82) is 0 Å². The second-order valence-corrected chi connectivity index (χ2v) is 9.25. The zero-order valence-corrected chi connectivity index (χ0v) is 19.2. The van der Waals surface area contributed by atoms with E-state index in [1.807, 2.05) is 0 Å². The third kappa shape index (κ3) is 5.08. The number of hydrogen-bond acceptors (Lipinski definition) is 7. The molecule has 0 saturated heterocycles. The zero-order valence-electron chi connectivity index (χ0n) is 18.4. The van der Waals surface area contributed by atoms with E-state index in [0.717, 1.165) is 16.7 Å². The molecule has 184 valence electrons. The number of alkyl halides is 3. The number of rotatable bonds is 5. The van der Waals surface area contributed by atoms with Crippen molar-refractivity contribution in [2.24, 2.45) is 5.92 Å². The van der Waals surface area contributed by atoms with E-state index in [4.69, 9.17) is 4.74 Å². The molecule has 1 aliphatic rings. The summed E-state index contributed by atoms with van der Waals surface area (Å²) in [5.41, 5.74) is -5.09. The number of aromatic nitrogens is 1. The summed E-state index contributed by atoms with van der Waals surface area (Å²) in [7, 11) is -6.06. The molecule has 1 N–H and O–H groups in total.